The number of nitrogens with zero attached hydrogens (tertiary/aromatic N) is 1. The van der Waals surface area contributed by atoms with Crippen molar-refractivity contribution in [1.82, 2.24) is 5.32 Å². The monoisotopic (exact) mass is 238 g/mol. The van der Waals surface area contributed by atoms with Crippen LogP contribution in [-0.4, -0.2) is 31.5 Å². The minimum absolute atomic E-state index is 0.00115. The van der Waals surface area contributed by atoms with Crippen molar-refractivity contribution in [3.63, 3.8) is 0 Å². The molecule has 0 bridgehead atoms. The molecule has 0 spiro atoms. The van der Waals surface area contributed by atoms with Crippen molar-refractivity contribution in [1.29, 1.82) is 5.26 Å². The lowest BCUT2D eigenvalue weighted by Gasteiger charge is -2.06. The summed E-state index contributed by atoms with van der Waals surface area (Å²) in [4.78, 5) is 0. The number of ether oxygens (including phenoxy) is 1. The van der Waals surface area contributed by atoms with E-state index in [-0.39, 0.29) is 12.4 Å². The van der Waals surface area contributed by atoms with Crippen LogP contribution in [0.3, 0.4) is 0 Å². The minimum Gasteiger partial charge on any atom is -0.394 e. The Kier molecular flexibility index (Phi) is 6.18. The maximum atomic E-state index is 13.3. The van der Waals surface area contributed by atoms with Crippen LogP contribution in [-0.2, 0) is 11.3 Å². The number of aliphatic hydroxyl groups excluding tert-OH is 1. The first kappa shape index (κ1) is 13.6. The van der Waals surface area contributed by atoms with Gasteiger partial charge in [-0.15, -0.1) is 0 Å². The molecule has 0 saturated heterocycles. The molecule has 0 unspecified atom stereocenters. The van der Waals surface area contributed by atoms with Gasteiger partial charge in [0.1, 0.15) is 5.82 Å². The van der Waals surface area contributed by atoms with Crippen LogP contribution in [0.4, 0.5) is 4.39 Å². The van der Waals surface area contributed by atoms with Crippen molar-refractivity contribution in [2.75, 3.05) is 26.4 Å². The van der Waals surface area contributed by atoms with Gasteiger partial charge in [-0.2, -0.15) is 5.26 Å². The summed E-state index contributed by atoms with van der Waals surface area (Å²) in [5.74, 6) is -0.326. The van der Waals surface area contributed by atoms with E-state index in [0.29, 0.717) is 37.4 Å². The van der Waals surface area contributed by atoms with Crippen molar-refractivity contribution >= 4 is 0 Å². The molecular weight excluding hydrogens is 223 g/mol. The van der Waals surface area contributed by atoms with Crippen molar-refractivity contribution in [2.45, 2.75) is 6.54 Å². The second-order valence-corrected chi connectivity index (χ2v) is 3.43. The Labute approximate surface area is 99.6 Å². The van der Waals surface area contributed by atoms with Gasteiger partial charge in [0, 0.05) is 18.7 Å². The van der Waals surface area contributed by atoms with E-state index in [4.69, 9.17) is 15.1 Å². The molecule has 0 amide bonds. The summed E-state index contributed by atoms with van der Waals surface area (Å²) in [7, 11) is 0. The number of rotatable bonds is 7. The number of halogens is 1. The van der Waals surface area contributed by atoms with Gasteiger partial charge in [0.25, 0.3) is 0 Å². The van der Waals surface area contributed by atoms with Crippen LogP contribution in [0.5, 0.6) is 0 Å². The molecule has 0 aliphatic heterocycles. The lowest BCUT2D eigenvalue weighted by Crippen LogP contribution is -2.20. The van der Waals surface area contributed by atoms with E-state index in [9.17, 15) is 4.39 Å². The number of nitriles is 1. The van der Waals surface area contributed by atoms with Crippen LogP contribution in [0.2, 0.25) is 0 Å². The highest BCUT2D eigenvalue weighted by Crippen LogP contribution is 2.09. The molecule has 4 nitrogen and oxygen atoms in total. The number of hydrogen-bond donors (Lipinski definition) is 2. The van der Waals surface area contributed by atoms with E-state index < -0.39 is 0 Å². The Morgan fingerprint density at radius 3 is 2.94 bits per heavy atom. The van der Waals surface area contributed by atoms with Gasteiger partial charge in [0.05, 0.1) is 31.5 Å². The highest BCUT2D eigenvalue weighted by molar-refractivity contribution is 5.33. The lowest BCUT2D eigenvalue weighted by atomic mass is 10.1. The maximum absolute atomic E-state index is 13.3. The number of hydrogen-bond acceptors (Lipinski definition) is 4. The third kappa shape index (κ3) is 4.91. The van der Waals surface area contributed by atoms with Crippen molar-refractivity contribution in [2.24, 2.45) is 0 Å². The van der Waals surface area contributed by atoms with Gasteiger partial charge in [-0.3, -0.25) is 0 Å². The van der Waals surface area contributed by atoms with E-state index in [1.807, 2.05) is 6.07 Å². The minimum atomic E-state index is -0.326. The Bertz CT molecular complexity index is 391. The molecule has 92 valence electrons. The largest absolute Gasteiger partial charge is 0.394 e. The summed E-state index contributed by atoms with van der Waals surface area (Å²) in [6.07, 6.45) is 0. The zero-order chi connectivity index (χ0) is 12.5. The summed E-state index contributed by atoms with van der Waals surface area (Å²) in [6, 6.07) is 6.23. The summed E-state index contributed by atoms with van der Waals surface area (Å²) in [6.45, 7) is 1.68. The van der Waals surface area contributed by atoms with Gasteiger partial charge in [-0.25, -0.2) is 4.39 Å². The van der Waals surface area contributed by atoms with Gasteiger partial charge in [0.15, 0.2) is 0 Å². The van der Waals surface area contributed by atoms with E-state index in [1.165, 1.54) is 18.2 Å². The molecule has 0 aliphatic carbocycles. The second kappa shape index (κ2) is 7.74. The van der Waals surface area contributed by atoms with E-state index in [2.05, 4.69) is 5.32 Å². The molecule has 2 N–H and O–H groups in total. The van der Waals surface area contributed by atoms with E-state index in [1.54, 1.807) is 0 Å². The zero-order valence-electron chi connectivity index (χ0n) is 9.45. The molecule has 1 aromatic carbocycles. The first-order valence-corrected chi connectivity index (χ1v) is 5.35. The van der Waals surface area contributed by atoms with Crippen LogP contribution in [0.25, 0.3) is 0 Å². The summed E-state index contributed by atoms with van der Waals surface area (Å²) < 4.78 is 18.4. The summed E-state index contributed by atoms with van der Waals surface area (Å²) in [5, 5.41) is 20.2. The Hall–Kier alpha value is -1.48. The molecule has 5 heteroatoms. The van der Waals surface area contributed by atoms with E-state index in [0.717, 1.165) is 0 Å². The number of aliphatic hydroxyl groups is 1. The number of benzene rings is 1. The molecule has 0 fully saturated rings. The fourth-order valence-electron chi connectivity index (χ4n) is 1.31. The van der Waals surface area contributed by atoms with Crippen LogP contribution in [0.15, 0.2) is 18.2 Å². The molecule has 0 heterocycles. The molecule has 1 rings (SSSR count). The van der Waals surface area contributed by atoms with Crippen LogP contribution in [0, 0.1) is 17.1 Å². The van der Waals surface area contributed by atoms with Gasteiger partial charge in [-0.05, 0) is 18.2 Å². The predicted molar refractivity (Wildman–Crippen MR) is 60.7 cm³/mol. The first-order valence-electron chi connectivity index (χ1n) is 5.35. The van der Waals surface area contributed by atoms with E-state index >= 15 is 0 Å². The molecule has 0 saturated carbocycles. The summed E-state index contributed by atoms with van der Waals surface area (Å²) in [5.41, 5.74) is 0.908. The molecular formula is C12H15FN2O2. The molecule has 1 aromatic rings. The fraction of sp³-hybridized carbons (Fsp3) is 0.417. The summed E-state index contributed by atoms with van der Waals surface area (Å²) >= 11 is 0. The smallest absolute Gasteiger partial charge is 0.127 e. The van der Waals surface area contributed by atoms with Crippen LogP contribution < -0.4 is 5.32 Å². The normalized spacial score (nSPS) is 10.2. The van der Waals surface area contributed by atoms with Crippen molar-refractivity contribution < 1.29 is 14.2 Å². The molecule has 0 aliphatic rings. The Balaban J connectivity index is 2.33. The third-order valence-electron chi connectivity index (χ3n) is 2.15. The number of nitrogens with one attached hydrogen (secondary N) is 1. The topological polar surface area (TPSA) is 65.3 Å². The molecule has 0 atom stereocenters. The highest BCUT2D eigenvalue weighted by atomic mass is 19.1. The lowest BCUT2D eigenvalue weighted by molar-refractivity contribution is 0.0937. The Morgan fingerprint density at radius 1 is 1.41 bits per heavy atom. The van der Waals surface area contributed by atoms with Crippen molar-refractivity contribution in [3.8, 4) is 6.07 Å². The Morgan fingerprint density at radius 2 is 2.24 bits per heavy atom. The fourth-order valence-corrected chi connectivity index (χ4v) is 1.31. The second-order valence-electron chi connectivity index (χ2n) is 3.43. The molecule has 0 aromatic heterocycles. The van der Waals surface area contributed by atoms with Gasteiger partial charge >= 0.3 is 0 Å². The zero-order valence-corrected chi connectivity index (χ0v) is 9.45. The average Bonchev–Trinajstić information content (AvgIpc) is 2.35. The standard InChI is InChI=1S/C12H15FN2O2/c13-12-2-1-10(8-14)7-11(12)9-15-3-5-17-6-4-16/h1-2,7,15-16H,3-6,9H2. The first-order chi connectivity index (χ1) is 8.27. The maximum Gasteiger partial charge on any atom is 0.127 e. The highest BCUT2D eigenvalue weighted by Gasteiger charge is 2.02. The van der Waals surface area contributed by atoms with Gasteiger partial charge in [-0.1, -0.05) is 0 Å². The average molecular weight is 238 g/mol. The molecule has 0 radical (unpaired) electrons. The van der Waals surface area contributed by atoms with Gasteiger partial charge < -0.3 is 15.2 Å². The SMILES string of the molecule is N#Cc1ccc(F)c(CNCCOCCO)c1. The third-order valence-corrected chi connectivity index (χ3v) is 2.15. The van der Waals surface area contributed by atoms with Gasteiger partial charge in [0.2, 0.25) is 0 Å². The van der Waals surface area contributed by atoms with Crippen LogP contribution >= 0.6 is 0 Å². The molecule has 17 heavy (non-hydrogen) atoms. The predicted octanol–water partition coefficient (Wildman–Crippen LogP) is 0.796. The quantitative estimate of drug-likeness (QED) is 0.689. The van der Waals surface area contributed by atoms with Crippen molar-refractivity contribution in [3.05, 3.63) is 35.1 Å². The van der Waals surface area contributed by atoms with Crippen LogP contribution in [0.1, 0.15) is 11.1 Å².